The average Bonchev–Trinajstić information content (AvgIpc) is 1.86. The van der Waals surface area contributed by atoms with Gasteiger partial charge in [-0.3, -0.25) is 0 Å². The van der Waals surface area contributed by atoms with E-state index in [1.165, 1.54) is 0 Å². The fourth-order valence-corrected chi connectivity index (χ4v) is 0.561. The maximum absolute atomic E-state index is 8.51. The molecule has 0 aliphatic carbocycles. The minimum absolute atomic E-state index is 0. The minimum atomic E-state index is -0.454. The van der Waals surface area contributed by atoms with Gasteiger partial charge in [-0.1, -0.05) is 7.43 Å². The molecule has 1 aliphatic heterocycles. The molecule has 46 valence electrons. The van der Waals surface area contributed by atoms with Gasteiger partial charge in [0.15, 0.2) is 6.29 Å². The van der Waals surface area contributed by atoms with Crippen LogP contribution in [0.4, 0.5) is 0 Å². The number of aliphatic hydroxyl groups excluding tert-OH is 1. The van der Waals surface area contributed by atoms with E-state index < -0.39 is 6.29 Å². The summed E-state index contributed by atoms with van der Waals surface area (Å²) in [4.78, 5) is 0. The van der Waals surface area contributed by atoms with Gasteiger partial charge in [0.25, 0.3) is 0 Å². The van der Waals surface area contributed by atoms with Crippen LogP contribution in [0.25, 0.3) is 0 Å². The van der Waals surface area contributed by atoms with E-state index in [4.69, 9.17) is 9.84 Å². The summed E-state index contributed by atoms with van der Waals surface area (Å²) in [5, 5.41) is 8.51. The van der Waals surface area contributed by atoms with E-state index in [1.807, 2.05) is 0 Å². The van der Waals surface area contributed by atoms with Crippen molar-refractivity contribution in [2.45, 2.75) is 26.6 Å². The Labute approximate surface area is 72.5 Å². The Morgan fingerprint density at radius 1 is 1.50 bits per heavy atom. The molecular formula is C5H13NaO2. The fourth-order valence-electron chi connectivity index (χ4n) is 0.561. The molecule has 3 heteroatoms. The quantitative estimate of drug-likeness (QED) is 0.469. The second kappa shape index (κ2) is 6.05. The van der Waals surface area contributed by atoms with Gasteiger partial charge in [0.1, 0.15) is 0 Å². The van der Waals surface area contributed by atoms with E-state index >= 15 is 0 Å². The van der Waals surface area contributed by atoms with Gasteiger partial charge in [-0.05, 0) is 6.42 Å². The molecular weight excluding hydrogens is 115 g/mol. The van der Waals surface area contributed by atoms with Crippen molar-refractivity contribution in [3.8, 4) is 0 Å². The summed E-state index contributed by atoms with van der Waals surface area (Å²) in [7, 11) is 0. The second-order valence-corrected chi connectivity index (χ2v) is 1.47. The molecule has 0 saturated carbocycles. The summed E-state index contributed by atoms with van der Waals surface area (Å²) in [6, 6.07) is 0. The molecule has 1 atom stereocenters. The van der Waals surface area contributed by atoms with Gasteiger partial charge in [-0.2, -0.15) is 0 Å². The topological polar surface area (TPSA) is 29.5 Å². The first kappa shape index (κ1) is 11.7. The number of ether oxygens (including phenoxy) is 1. The van der Waals surface area contributed by atoms with Gasteiger partial charge >= 0.3 is 29.6 Å². The Balaban J connectivity index is 0. The van der Waals surface area contributed by atoms with Crippen LogP contribution >= 0.6 is 0 Å². The molecule has 0 aromatic carbocycles. The Bertz CT molecular complexity index is 43.7. The maximum atomic E-state index is 8.51. The molecule has 0 radical (unpaired) electrons. The normalized spacial score (nSPS) is 25.9. The molecule has 2 nitrogen and oxygen atoms in total. The molecule has 8 heavy (non-hydrogen) atoms. The van der Waals surface area contributed by atoms with Crippen LogP contribution < -0.4 is 0 Å². The molecule has 1 aliphatic rings. The number of hydrogen-bond acceptors (Lipinski definition) is 2. The first-order valence-electron chi connectivity index (χ1n) is 2.19. The summed E-state index contributed by atoms with van der Waals surface area (Å²) in [5.41, 5.74) is 0. The fraction of sp³-hybridized carbons (Fsp3) is 1.00. The molecule has 1 N–H and O–H groups in total. The zero-order valence-electron chi connectivity index (χ0n) is 3.55. The van der Waals surface area contributed by atoms with Crippen molar-refractivity contribution in [3.05, 3.63) is 0 Å². The van der Waals surface area contributed by atoms with Gasteiger partial charge in [0.05, 0.1) is 0 Å². The van der Waals surface area contributed by atoms with Crippen molar-refractivity contribution < 1.29 is 9.84 Å². The molecule has 1 rings (SSSR count). The van der Waals surface area contributed by atoms with Crippen molar-refractivity contribution in [1.82, 2.24) is 0 Å². The Hall–Kier alpha value is 0.920. The van der Waals surface area contributed by atoms with Crippen LogP contribution in [0, 0.1) is 0 Å². The van der Waals surface area contributed by atoms with E-state index in [9.17, 15) is 0 Å². The predicted molar refractivity (Wildman–Crippen MR) is 35.1 cm³/mol. The third-order valence-corrected chi connectivity index (χ3v) is 0.906. The third-order valence-electron chi connectivity index (χ3n) is 0.906. The Morgan fingerprint density at radius 2 is 2.12 bits per heavy atom. The van der Waals surface area contributed by atoms with Gasteiger partial charge in [-0.25, -0.2) is 0 Å². The summed E-state index contributed by atoms with van der Waals surface area (Å²) >= 11 is 0. The molecule has 0 aromatic heterocycles. The van der Waals surface area contributed by atoms with E-state index in [0.717, 1.165) is 19.4 Å². The van der Waals surface area contributed by atoms with Crippen LogP contribution in [0.1, 0.15) is 20.3 Å². The van der Waals surface area contributed by atoms with Gasteiger partial charge < -0.3 is 9.84 Å². The summed E-state index contributed by atoms with van der Waals surface area (Å²) < 4.78 is 4.71. The van der Waals surface area contributed by atoms with Crippen molar-refractivity contribution >= 4 is 29.6 Å². The van der Waals surface area contributed by atoms with Gasteiger partial charge in [0, 0.05) is 13.0 Å². The van der Waals surface area contributed by atoms with Crippen molar-refractivity contribution in [1.29, 1.82) is 0 Å². The molecule has 0 bridgehead atoms. The molecule has 0 amide bonds. The zero-order chi connectivity index (χ0) is 4.41. The van der Waals surface area contributed by atoms with E-state index in [-0.39, 0.29) is 37.0 Å². The predicted octanol–water partition coefficient (Wildman–Crippen LogP) is 0.103. The number of aliphatic hydroxyl groups is 1. The molecule has 0 spiro atoms. The summed E-state index contributed by atoms with van der Waals surface area (Å²) in [6.07, 6.45) is 1.38. The van der Waals surface area contributed by atoms with Crippen molar-refractivity contribution in [3.63, 3.8) is 0 Å². The molecule has 1 fully saturated rings. The standard InChI is InChI=1S/C4H8O2.CH4.Na.H/c5-4-2-1-3-6-4;;;/h4-5H,1-3H2;1H4;;. The van der Waals surface area contributed by atoms with Crippen LogP contribution in [0.3, 0.4) is 0 Å². The van der Waals surface area contributed by atoms with Crippen LogP contribution in [0.15, 0.2) is 0 Å². The van der Waals surface area contributed by atoms with Crippen LogP contribution in [0.2, 0.25) is 0 Å². The Morgan fingerprint density at radius 3 is 2.25 bits per heavy atom. The summed E-state index contributed by atoms with van der Waals surface area (Å²) in [5.74, 6) is 0. The SMILES string of the molecule is C.OC1CCCO1.[NaH]. The van der Waals surface area contributed by atoms with Crippen LogP contribution in [0.5, 0.6) is 0 Å². The average molecular weight is 128 g/mol. The first-order chi connectivity index (χ1) is 2.89. The van der Waals surface area contributed by atoms with E-state index in [1.54, 1.807) is 0 Å². The first-order valence-corrected chi connectivity index (χ1v) is 2.19. The van der Waals surface area contributed by atoms with Crippen LogP contribution in [-0.4, -0.2) is 47.6 Å². The van der Waals surface area contributed by atoms with Gasteiger partial charge in [0.2, 0.25) is 0 Å². The molecule has 0 aromatic rings. The third kappa shape index (κ3) is 3.87. The van der Waals surface area contributed by atoms with Crippen molar-refractivity contribution in [2.75, 3.05) is 6.61 Å². The number of hydrogen-bond donors (Lipinski definition) is 1. The molecule has 1 saturated heterocycles. The van der Waals surface area contributed by atoms with Gasteiger partial charge in [-0.15, -0.1) is 0 Å². The number of rotatable bonds is 0. The van der Waals surface area contributed by atoms with E-state index in [2.05, 4.69) is 0 Å². The monoisotopic (exact) mass is 128 g/mol. The second-order valence-electron chi connectivity index (χ2n) is 1.47. The Kier molecular flexibility index (Phi) is 8.83. The molecule has 1 heterocycles. The summed E-state index contributed by atoms with van der Waals surface area (Å²) in [6.45, 7) is 0.737. The molecule has 1 unspecified atom stereocenters. The van der Waals surface area contributed by atoms with E-state index in [0.29, 0.717) is 0 Å². The van der Waals surface area contributed by atoms with Crippen molar-refractivity contribution in [2.24, 2.45) is 0 Å². The van der Waals surface area contributed by atoms with Crippen LogP contribution in [-0.2, 0) is 4.74 Å². The zero-order valence-corrected chi connectivity index (χ0v) is 3.55.